The van der Waals surface area contributed by atoms with Crippen LogP contribution in [0, 0.1) is 23.8 Å². The van der Waals surface area contributed by atoms with Crippen molar-refractivity contribution in [2.75, 3.05) is 5.32 Å². The minimum atomic E-state index is -1.08. The standard InChI is InChI=1S/C28H21ClF2N2O4/c1-16-20(25-23(30)13-12-22(29)26(25)31)11-14-24(33(16)37)21(15-34)27(17-5-3-2-4-6-17)32-19-9-7-18(8-10-19)28(35)36/h2-15,21,27,32H,1H3,(H,35,36). The molecule has 2 N–H and O–H groups in total. The van der Waals surface area contributed by atoms with E-state index < -0.39 is 35.1 Å². The highest BCUT2D eigenvalue weighted by Gasteiger charge is 2.32. The van der Waals surface area contributed by atoms with E-state index in [1.165, 1.54) is 31.2 Å². The van der Waals surface area contributed by atoms with E-state index in [0.717, 1.165) is 12.1 Å². The van der Waals surface area contributed by atoms with Crippen molar-refractivity contribution in [2.45, 2.75) is 18.9 Å². The summed E-state index contributed by atoms with van der Waals surface area (Å²) >= 11 is 5.83. The number of carboxylic acid groups (broad SMARTS) is 1. The molecule has 0 spiro atoms. The second-order valence-electron chi connectivity index (χ2n) is 8.35. The number of anilines is 1. The van der Waals surface area contributed by atoms with Crippen LogP contribution in [0.25, 0.3) is 11.1 Å². The van der Waals surface area contributed by atoms with Crippen LogP contribution in [0.5, 0.6) is 0 Å². The summed E-state index contributed by atoms with van der Waals surface area (Å²) in [6.07, 6.45) is 0.625. The molecule has 2 unspecified atom stereocenters. The number of carbonyl (C=O) groups excluding carboxylic acids is 1. The van der Waals surface area contributed by atoms with Gasteiger partial charge < -0.3 is 20.4 Å². The zero-order chi connectivity index (χ0) is 26.7. The lowest BCUT2D eigenvalue weighted by Crippen LogP contribution is -2.40. The van der Waals surface area contributed by atoms with Crippen molar-refractivity contribution in [3.8, 4) is 11.1 Å². The molecule has 0 saturated heterocycles. The van der Waals surface area contributed by atoms with E-state index in [4.69, 9.17) is 16.7 Å². The van der Waals surface area contributed by atoms with E-state index in [1.54, 1.807) is 42.5 Å². The van der Waals surface area contributed by atoms with Gasteiger partial charge in [0, 0.05) is 18.7 Å². The van der Waals surface area contributed by atoms with Crippen molar-refractivity contribution in [1.82, 2.24) is 0 Å². The smallest absolute Gasteiger partial charge is 0.335 e. The predicted molar refractivity (Wildman–Crippen MR) is 136 cm³/mol. The van der Waals surface area contributed by atoms with Crippen molar-refractivity contribution in [2.24, 2.45) is 0 Å². The van der Waals surface area contributed by atoms with Gasteiger partial charge >= 0.3 is 5.97 Å². The van der Waals surface area contributed by atoms with Gasteiger partial charge in [0.15, 0.2) is 11.5 Å². The number of nitrogens with one attached hydrogen (secondary N) is 1. The molecule has 188 valence electrons. The zero-order valence-corrected chi connectivity index (χ0v) is 20.2. The van der Waals surface area contributed by atoms with Crippen molar-refractivity contribution >= 4 is 29.5 Å². The molecule has 4 aromatic rings. The van der Waals surface area contributed by atoms with Gasteiger partial charge in [-0.15, -0.1) is 0 Å². The second-order valence-corrected chi connectivity index (χ2v) is 8.75. The van der Waals surface area contributed by atoms with Crippen LogP contribution < -0.4 is 10.0 Å². The Balaban J connectivity index is 1.79. The van der Waals surface area contributed by atoms with Crippen LogP contribution in [0.2, 0.25) is 5.02 Å². The Morgan fingerprint density at radius 1 is 1.03 bits per heavy atom. The first-order valence-corrected chi connectivity index (χ1v) is 11.6. The van der Waals surface area contributed by atoms with Gasteiger partial charge in [-0.25, -0.2) is 13.6 Å². The summed E-state index contributed by atoms with van der Waals surface area (Å²) in [6, 6.07) is 19.0. The molecule has 4 rings (SSSR count). The summed E-state index contributed by atoms with van der Waals surface area (Å²) in [7, 11) is 0. The number of rotatable bonds is 8. The highest BCUT2D eigenvalue weighted by Crippen LogP contribution is 2.35. The third kappa shape index (κ3) is 5.15. The highest BCUT2D eigenvalue weighted by molar-refractivity contribution is 6.31. The summed E-state index contributed by atoms with van der Waals surface area (Å²) < 4.78 is 29.7. The van der Waals surface area contributed by atoms with E-state index in [-0.39, 0.29) is 27.5 Å². The van der Waals surface area contributed by atoms with Gasteiger partial charge in [0.25, 0.3) is 0 Å². The van der Waals surface area contributed by atoms with Crippen LogP contribution >= 0.6 is 11.6 Å². The van der Waals surface area contributed by atoms with Gasteiger partial charge in [-0.05, 0) is 48.0 Å². The Labute approximate surface area is 216 Å². The normalized spacial score (nSPS) is 12.5. The van der Waals surface area contributed by atoms with Crippen LogP contribution in [0.1, 0.15) is 39.3 Å². The van der Waals surface area contributed by atoms with Gasteiger partial charge in [0.1, 0.15) is 18.0 Å². The summed E-state index contributed by atoms with van der Waals surface area (Å²) in [5, 5.41) is 25.5. The fourth-order valence-electron chi connectivity index (χ4n) is 4.19. The summed E-state index contributed by atoms with van der Waals surface area (Å²) in [6.45, 7) is 1.41. The number of hydrogen-bond donors (Lipinski definition) is 2. The fraction of sp³-hybridized carbons (Fsp3) is 0.107. The highest BCUT2D eigenvalue weighted by atomic mass is 35.5. The molecule has 1 heterocycles. The van der Waals surface area contributed by atoms with Crippen LogP contribution in [0.3, 0.4) is 0 Å². The molecule has 37 heavy (non-hydrogen) atoms. The number of aromatic carboxylic acids is 1. The lowest BCUT2D eigenvalue weighted by Gasteiger charge is -2.26. The molecule has 0 fully saturated rings. The SMILES string of the molecule is Cc1c(-c2c(F)ccc(Cl)c2F)ccc(C(C=O)C(Nc2ccc(C(=O)O)cc2)c2ccccc2)[n+]1[O-]. The number of carbonyl (C=O) groups is 2. The molecule has 3 aromatic carbocycles. The number of carboxylic acids is 1. The summed E-state index contributed by atoms with van der Waals surface area (Å²) in [5.74, 6) is -3.95. The molecule has 6 nitrogen and oxygen atoms in total. The van der Waals surface area contributed by atoms with Crippen LogP contribution in [0.15, 0.2) is 78.9 Å². The molecule has 1 aromatic heterocycles. The van der Waals surface area contributed by atoms with Crippen molar-refractivity contribution in [1.29, 1.82) is 0 Å². The van der Waals surface area contributed by atoms with Gasteiger partial charge in [0.05, 0.1) is 27.8 Å². The van der Waals surface area contributed by atoms with E-state index in [2.05, 4.69) is 5.32 Å². The molecule has 9 heteroatoms. The average Bonchev–Trinajstić information content (AvgIpc) is 2.90. The lowest BCUT2D eigenvalue weighted by molar-refractivity contribution is -0.621. The molecule has 0 aliphatic carbocycles. The summed E-state index contributed by atoms with van der Waals surface area (Å²) in [4.78, 5) is 23.6. The van der Waals surface area contributed by atoms with Crippen LogP contribution in [-0.4, -0.2) is 17.4 Å². The first kappa shape index (κ1) is 25.8. The van der Waals surface area contributed by atoms with E-state index >= 15 is 0 Å². The maximum atomic E-state index is 14.7. The van der Waals surface area contributed by atoms with Crippen molar-refractivity contribution in [3.05, 3.63) is 123 Å². The molecule has 0 saturated carbocycles. The Bertz CT molecular complexity index is 1460. The topological polar surface area (TPSA) is 93.3 Å². The number of aromatic nitrogens is 1. The largest absolute Gasteiger partial charge is 0.618 e. The number of hydrogen-bond acceptors (Lipinski definition) is 4. The number of pyridine rings is 1. The Morgan fingerprint density at radius 3 is 2.32 bits per heavy atom. The third-order valence-corrected chi connectivity index (χ3v) is 6.41. The Morgan fingerprint density at radius 2 is 1.70 bits per heavy atom. The molecular formula is C28H21ClF2N2O4. The molecule has 0 aliphatic heterocycles. The van der Waals surface area contributed by atoms with Crippen molar-refractivity contribution in [3.63, 3.8) is 0 Å². The molecule has 0 amide bonds. The molecule has 0 aliphatic rings. The van der Waals surface area contributed by atoms with Gasteiger partial charge in [-0.3, -0.25) is 0 Å². The molecular weight excluding hydrogens is 502 g/mol. The molecule has 0 bridgehead atoms. The fourth-order valence-corrected chi connectivity index (χ4v) is 4.35. The summed E-state index contributed by atoms with van der Waals surface area (Å²) in [5.41, 5.74) is 0.937. The maximum Gasteiger partial charge on any atom is 0.335 e. The molecule has 2 atom stereocenters. The minimum Gasteiger partial charge on any atom is -0.618 e. The minimum absolute atomic E-state index is 0.00868. The van der Waals surface area contributed by atoms with E-state index in [1.807, 2.05) is 0 Å². The first-order valence-electron chi connectivity index (χ1n) is 11.2. The van der Waals surface area contributed by atoms with Crippen molar-refractivity contribution < 1.29 is 28.2 Å². The Hall–Kier alpha value is -4.30. The number of aldehydes is 1. The average molecular weight is 523 g/mol. The third-order valence-electron chi connectivity index (χ3n) is 6.12. The maximum absolute atomic E-state index is 14.7. The predicted octanol–water partition coefficient (Wildman–Crippen LogP) is 6.06. The van der Waals surface area contributed by atoms with Gasteiger partial charge in [-0.2, -0.15) is 4.73 Å². The zero-order valence-electron chi connectivity index (χ0n) is 19.5. The Kier molecular flexibility index (Phi) is 7.50. The van der Waals surface area contributed by atoms with E-state index in [9.17, 15) is 23.6 Å². The quantitative estimate of drug-likeness (QED) is 0.127. The number of halogens is 3. The van der Waals surface area contributed by atoms with Gasteiger partial charge in [0.2, 0.25) is 5.69 Å². The first-order chi connectivity index (χ1) is 17.7. The van der Waals surface area contributed by atoms with Crippen LogP contribution in [0.4, 0.5) is 14.5 Å². The molecule has 0 radical (unpaired) electrons. The van der Waals surface area contributed by atoms with Crippen LogP contribution in [-0.2, 0) is 4.79 Å². The van der Waals surface area contributed by atoms with E-state index in [0.29, 0.717) is 22.3 Å². The lowest BCUT2D eigenvalue weighted by atomic mass is 9.89. The monoisotopic (exact) mass is 522 g/mol. The number of benzene rings is 3. The van der Waals surface area contributed by atoms with Gasteiger partial charge in [-0.1, -0.05) is 41.9 Å². The second kappa shape index (κ2) is 10.8. The number of nitrogens with zero attached hydrogens (tertiary/aromatic N) is 1.